The Kier molecular flexibility index (Phi) is 5.16. The Bertz CT molecular complexity index is 331. The summed E-state index contributed by atoms with van der Waals surface area (Å²) < 4.78 is 10.9. The van der Waals surface area contributed by atoms with Gasteiger partial charge in [0.05, 0.1) is 12.7 Å². The second-order valence-corrected chi connectivity index (χ2v) is 6.71. The molecule has 1 fully saturated rings. The third-order valence-electron chi connectivity index (χ3n) is 3.17. The molecule has 4 heteroatoms. The van der Waals surface area contributed by atoms with Gasteiger partial charge in [0.15, 0.2) is 0 Å². The van der Waals surface area contributed by atoms with E-state index in [1.807, 2.05) is 0 Å². The lowest BCUT2D eigenvalue weighted by molar-refractivity contribution is -0.141. The molecular weight excluding hydrogens is 242 g/mol. The number of hydrogen-bond donors (Lipinski definition) is 1. The fourth-order valence-corrected chi connectivity index (χ4v) is 2.82. The number of hydrogen-bond acceptors (Lipinski definition) is 4. The van der Waals surface area contributed by atoms with Crippen molar-refractivity contribution in [2.45, 2.75) is 64.6 Å². The van der Waals surface area contributed by atoms with Crippen LogP contribution in [-0.4, -0.2) is 36.4 Å². The molecule has 1 rings (SSSR count). The maximum atomic E-state index is 11.2. The molecule has 1 saturated heterocycles. The third-order valence-corrected chi connectivity index (χ3v) is 3.17. The molecule has 1 N–H and O–H groups in total. The van der Waals surface area contributed by atoms with Gasteiger partial charge in [0.1, 0.15) is 6.61 Å². The fourth-order valence-electron chi connectivity index (χ4n) is 2.82. The normalized spacial score (nSPS) is 21.9. The van der Waals surface area contributed by atoms with Crippen LogP contribution in [0.4, 0.5) is 0 Å². The van der Waals surface area contributed by atoms with Gasteiger partial charge in [-0.2, -0.15) is 0 Å². The molecule has 0 aromatic carbocycles. The highest BCUT2D eigenvalue weighted by Crippen LogP contribution is 2.30. The number of ether oxygens (including phenoxy) is 2. The first kappa shape index (κ1) is 16.2. The molecule has 0 aromatic rings. The van der Waals surface area contributed by atoms with Gasteiger partial charge in [-0.25, -0.2) is 4.79 Å². The Balaban J connectivity index is 2.33. The number of esters is 1. The van der Waals surface area contributed by atoms with Crippen LogP contribution in [0.3, 0.4) is 0 Å². The third kappa shape index (κ3) is 5.74. The van der Waals surface area contributed by atoms with Crippen molar-refractivity contribution in [1.29, 1.82) is 0 Å². The van der Waals surface area contributed by atoms with Crippen LogP contribution in [0, 0.1) is 0 Å². The van der Waals surface area contributed by atoms with Crippen LogP contribution in [0.5, 0.6) is 0 Å². The van der Waals surface area contributed by atoms with Crippen molar-refractivity contribution in [2.24, 2.45) is 0 Å². The van der Waals surface area contributed by atoms with Crippen molar-refractivity contribution in [3.63, 3.8) is 0 Å². The van der Waals surface area contributed by atoms with Crippen LogP contribution in [0.25, 0.3) is 0 Å². The maximum Gasteiger partial charge on any atom is 0.333 e. The molecule has 0 unspecified atom stereocenters. The second kappa shape index (κ2) is 6.06. The van der Waals surface area contributed by atoms with Gasteiger partial charge in [-0.1, -0.05) is 6.58 Å². The van der Waals surface area contributed by atoms with Gasteiger partial charge in [-0.3, -0.25) is 0 Å². The molecule has 0 saturated carbocycles. The quantitative estimate of drug-likeness (QED) is 0.473. The van der Waals surface area contributed by atoms with Crippen molar-refractivity contribution in [2.75, 3.05) is 13.2 Å². The predicted octanol–water partition coefficient (Wildman–Crippen LogP) is 2.43. The highest BCUT2D eigenvalue weighted by Gasteiger charge is 2.37. The molecule has 0 amide bonds. The molecule has 1 heterocycles. The summed E-state index contributed by atoms with van der Waals surface area (Å²) in [5, 5.41) is 3.61. The average Bonchev–Trinajstić information content (AvgIpc) is 2.19. The van der Waals surface area contributed by atoms with Gasteiger partial charge < -0.3 is 14.8 Å². The Morgan fingerprint density at radius 1 is 1.21 bits per heavy atom. The smallest absolute Gasteiger partial charge is 0.333 e. The molecular formula is C15H27NO3. The molecule has 4 nitrogen and oxygen atoms in total. The molecule has 0 radical (unpaired) electrons. The molecule has 0 aliphatic carbocycles. The lowest BCUT2D eigenvalue weighted by Crippen LogP contribution is -2.59. The van der Waals surface area contributed by atoms with Crippen LogP contribution in [0.15, 0.2) is 12.2 Å². The maximum absolute atomic E-state index is 11.2. The number of piperidine rings is 1. The van der Waals surface area contributed by atoms with Crippen molar-refractivity contribution in [1.82, 2.24) is 5.32 Å². The van der Waals surface area contributed by atoms with Gasteiger partial charge >= 0.3 is 5.97 Å². The van der Waals surface area contributed by atoms with E-state index < -0.39 is 0 Å². The van der Waals surface area contributed by atoms with Crippen LogP contribution in [-0.2, 0) is 14.3 Å². The lowest BCUT2D eigenvalue weighted by atomic mass is 9.81. The monoisotopic (exact) mass is 269 g/mol. The molecule has 0 aromatic heterocycles. The summed E-state index contributed by atoms with van der Waals surface area (Å²) in [6, 6.07) is 0. The fraction of sp³-hybridized carbons (Fsp3) is 0.800. The summed E-state index contributed by atoms with van der Waals surface area (Å²) in [7, 11) is 0. The minimum absolute atomic E-state index is 0.0702. The van der Waals surface area contributed by atoms with E-state index in [1.165, 1.54) is 0 Å². The zero-order valence-electron chi connectivity index (χ0n) is 12.8. The average molecular weight is 269 g/mol. The second-order valence-electron chi connectivity index (χ2n) is 6.71. The van der Waals surface area contributed by atoms with E-state index in [1.54, 1.807) is 6.92 Å². The Morgan fingerprint density at radius 3 is 2.21 bits per heavy atom. The van der Waals surface area contributed by atoms with Gasteiger partial charge in [0.25, 0.3) is 0 Å². The molecule has 1 aliphatic rings. The number of carbonyl (C=O) groups is 1. The number of rotatable bonds is 5. The molecule has 110 valence electrons. The first-order valence-corrected chi connectivity index (χ1v) is 6.85. The zero-order chi connectivity index (χ0) is 14.7. The minimum Gasteiger partial charge on any atom is -0.460 e. The predicted molar refractivity (Wildman–Crippen MR) is 76.0 cm³/mol. The summed E-state index contributed by atoms with van der Waals surface area (Å²) >= 11 is 0. The standard InChI is InChI=1S/C15H27NO3/c1-11(2)13(17)19-8-7-18-12-9-14(3,4)16-15(5,6)10-12/h12,16H,1,7-10H2,2-6H3. The molecule has 1 aliphatic heterocycles. The Morgan fingerprint density at radius 2 is 1.74 bits per heavy atom. The first-order valence-electron chi connectivity index (χ1n) is 6.85. The number of carbonyl (C=O) groups excluding carboxylic acids is 1. The summed E-state index contributed by atoms with van der Waals surface area (Å²) in [6.07, 6.45) is 2.13. The van der Waals surface area contributed by atoms with Crippen molar-refractivity contribution in [3.8, 4) is 0 Å². The molecule has 0 spiro atoms. The van der Waals surface area contributed by atoms with Crippen LogP contribution < -0.4 is 5.32 Å². The Hall–Kier alpha value is -0.870. The van der Waals surface area contributed by atoms with Gasteiger partial charge in [-0.15, -0.1) is 0 Å². The first-order chi connectivity index (χ1) is 8.61. The minimum atomic E-state index is -0.352. The highest BCUT2D eigenvalue weighted by atomic mass is 16.6. The van der Waals surface area contributed by atoms with E-state index in [0.29, 0.717) is 12.2 Å². The van der Waals surface area contributed by atoms with E-state index in [4.69, 9.17) is 9.47 Å². The van der Waals surface area contributed by atoms with Gasteiger partial charge in [0, 0.05) is 16.7 Å². The molecule has 0 bridgehead atoms. The number of nitrogens with one attached hydrogen (secondary N) is 1. The van der Waals surface area contributed by atoms with Crippen molar-refractivity contribution in [3.05, 3.63) is 12.2 Å². The van der Waals surface area contributed by atoms with E-state index in [2.05, 4.69) is 39.6 Å². The largest absolute Gasteiger partial charge is 0.460 e. The summed E-state index contributed by atoms with van der Waals surface area (Å²) in [5.74, 6) is -0.352. The van der Waals surface area contributed by atoms with E-state index in [9.17, 15) is 4.79 Å². The van der Waals surface area contributed by atoms with E-state index >= 15 is 0 Å². The highest BCUT2D eigenvalue weighted by molar-refractivity contribution is 5.86. The summed E-state index contributed by atoms with van der Waals surface area (Å²) in [4.78, 5) is 11.2. The van der Waals surface area contributed by atoms with E-state index in [0.717, 1.165) is 12.8 Å². The Labute approximate surface area is 116 Å². The van der Waals surface area contributed by atoms with Crippen molar-refractivity contribution < 1.29 is 14.3 Å². The topological polar surface area (TPSA) is 47.6 Å². The zero-order valence-corrected chi connectivity index (χ0v) is 12.8. The lowest BCUT2D eigenvalue weighted by Gasteiger charge is -2.46. The summed E-state index contributed by atoms with van der Waals surface area (Å²) in [5.41, 5.74) is 0.561. The van der Waals surface area contributed by atoms with Gasteiger partial charge in [0.2, 0.25) is 0 Å². The SMILES string of the molecule is C=C(C)C(=O)OCCOC1CC(C)(C)NC(C)(C)C1. The van der Waals surface area contributed by atoms with Crippen molar-refractivity contribution >= 4 is 5.97 Å². The summed E-state index contributed by atoms with van der Waals surface area (Å²) in [6.45, 7) is 14.7. The van der Waals surface area contributed by atoms with Gasteiger partial charge in [-0.05, 0) is 47.5 Å². The van der Waals surface area contributed by atoms with Crippen LogP contribution in [0.2, 0.25) is 0 Å². The molecule has 0 atom stereocenters. The van der Waals surface area contributed by atoms with Crippen LogP contribution in [0.1, 0.15) is 47.5 Å². The molecule has 19 heavy (non-hydrogen) atoms. The van der Waals surface area contributed by atoms with E-state index in [-0.39, 0.29) is 29.8 Å². The van der Waals surface area contributed by atoms with Crippen LogP contribution >= 0.6 is 0 Å².